The maximum atomic E-state index is 9.24. The standard InChI is InChI=1S/C2H5NO2.Al.Ca.ClHO.5H/c3-1-2(4)5;;;1-2;;;;;/h1,3H2,(H,4,5);;;2H;;;;;/q;;+2;;;;;2*-1. The van der Waals surface area contributed by atoms with Crippen LogP contribution in [0.1, 0.15) is 2.85 Å². The molecule has 0 aromatic carbocycles. The van der Waals surface area contributed by atoms with E-state index in [0.717, 1.165) is 0 Å². The number of nitrogens with two attached hydrogens (primary N) is 1. The van der Waals surface area contributed by atoms with Crippen LogP contribution >= 0.6 is 11.9 Å². The predicted molar refractivity (Wildman–Crippen MR) is 42.7 cm³/mol. The molecule has 0 saturated heterocycles. The molecule has 0 aromatic heterocycles. The van der Waals surface area contributed by atoms with E-state index in [1.54, 1.807) is 0 Å². The average molecular weight is 200 g/mol. The van der Waals surface area contributed by atoms with Gasteiger partial charge in [0.05, 0.1) is 18.4 Å². The summed E-state index contributed by atoms with van der Waals surface area (Å²) >= 11 is 3.64. The van der Waals surface area contributed by atoms with Crippen LogP contribution in [-0.2, 0) is 4.79 Å². The normalized spacial score (nSPS) is 4.78. The first kappa shape index (κ1) is 22.4. The molecule has 0 radical (unpaired) electrons. The van der Waals surface area contributed by atoms with Gasteiger partial charge in [0, 0.05) is 0 Å². The maximum absolute atomic E-state index is 9.24. The van der Waals surface area contributed by atoms with E-state index in [2.05, 4.69) is 17.6 Å². The Balaban J connectivity index is -0.00000000972. The van der Waals surface area contributed by atoms with Crippen LogP contribution in [0.3, 0.4) is 0 Å². The van der Waals surface area contributed by atoms with Gasteiger partial charge in [0.2, 0.25) is 0 Å². The molecule has 0 aromatic rings. The topological polar surface area (TPSA) is 83.6 Å². The third kappa shape index (κ3) is 43.9. The fourth-order valence-corrected chi connectivity index (χ4v) is 0. The van der Waals surface area contributed by atoms with Crippen LogP contribution in [0.5, 0.6) is 0 Å². The number of hydrogen-bond acceptors (Lipinski definition) is 3. The zero-order valence-corrected chi connectivity index (χ0v) is 7.14. The van der Waals surface area contributed by atoms with Crippen molar-refractivity contribution in [1.29, 1.82) is 0 Å². The van der Waals surface area contributed by atoms with Crippen molar-refractivity contribution in [3.63, 3.8) is 0 Å². The summed E-state index contributed by atoms with van der Waals surface area (Å²) in [5.74, 6) is -0.968. The van der Waals surface area contributed by atoms with E-state index in [4.69, 9.17) is 9.77 Å². The quantitative estimate of drug-likeness (QED) is 0.420. The first-order valence-electron chi connectivity index (χ1n) is 1.36. The molecule has 0 aliphatic carbocycles. The van der Waals surface area contributed by atoms with Gasteiger partial charge in [0.25, 0.3) is 0 Å². The van der Waals surface area contributed by atoms with Gasteiger partial charge in [0.1, 0.15) is 0 Å². The second-order valence-corrected chi connectivity index (χ2v) is 0.598. The van der Waals surface area contributed by atoms with Crippen molar-refractivity contribution in [3.8, 4) is 0 Å². The van der Waals surface area contributed by atoms with Crippen LogP contribution in [0.4, 0.5) is 0 Å². The van der Waals surface area contributed by atoms with Gasteiger partial charge in [-0.25, -0.2) is 0 Å². The SMILES string of the molecule is NCC(=O)O.OCl.[AlH3].[Ca+2].[H-].[H-]. The minimum absolute atomic E-state index is 0. The second kappa shape index (κ2) is 22.7. The number of carbonyl (C=O) groups is 1. The smallest absolute Gasteiger partial charge is 1.00 e. The van der Waals surface area contributed by atoms with Crippen molar-refractivity contribution in [2.24, 2.45) is 5.73 Å². The molecule has 4 nitrogen and oxygen atoms in total. The van der Waals surface area contributed by atoms with Crippen molar-refractivity contribution in [2.45, 2.75) is 0 Å². The molecule has 0 heterocycles. The van der Waals surface area contributed by atoms with Crippen LogP contribution in [0.2, 0.25) is 0 Å². The molecule has 0 bridgehead atoms. The number of rotatable bonds is 1. The average Bonchev–Trinajstić information content (AvgIpc) is 1.73. The van der Waals surface area contributed by atoms with Gasteiger partial charge in [-0.15, -0.1) is 0 Å². The van der Waals surface area contributed by atoms with E-state index < -0.39 is 5.97 Å². The fourth-order valence-electron chi connectivity index (χ4n) is 0. The molecule has 0 atom stereocenters. The van der Waals surface area contributed by atoms with Gasteiger partial charge >= 0.3 is 43.7 Å². The van der Waals surface area contributed by atoms with Crippen molar-refractivity contribution in [1.82, 2.24) is 0 Å². The predicted octanol–water partition coefficient (Wildman–Crippen LogP) is -2.18. The Morgan fingerprint density at radius 3 is 1.78 bits per heavy atom. The van der Waals surface area contributed by atoms with Gasteiger partial charge in [-0.2, -0.15) is 0 Å². The van der Waals surface area contributed by atoms with Crippen molar-refractivity contribution < 1.29 is 17.4 Å². The Bertz CT molecular complexity index is 64.6. The molecular formula is C2H11AlCaClNO3. The molecule has 0 aliphatic heterocycles. The van der Waals surface area contributed by atoms with E-state index in [9.17, 15) is 4.79 Å². The third-order valence-electron chi connectivity index (χ3n) is 0.175. The molecule has 0 amide bonds. The van der Waals surface area contributed by atoms with E-state index in [1.165, 1.54) is 0 Å². The van der Waals surface area contributed by atoms with Gasteiger partial charge < -0.3 is 13.7 Å². The molecule has 0 unspecified atom stereocenters. The Morgan fingerprint density at radius 2 is 1.78 bits per heavy atom. The minimum Gasteiger partial charge on any atom is -1.00 e. The molecule has 0 saturated carbocycles. The van der Waals surface area contributed by atoms with E-state index in [0.29, 0.717) is 0 Å². The Hall–Kier alpha value is 1.47. The van der Waals surface area contributed by atoms with Gasteiger partial charge in [0.15, 0.2) is 17.4 Å². The molecule has 7 heteroatoms. The largest absolute Gasteiger partial charge is 2.00 e. The number of carboxylic acids is 1. The number of hydrogen-bond donors (Lipinski definition) is 3. The van der Waals surface area contributed by atoms with Gasteiger partial charge in [-0.3, -0.25) is 9.45 Å². The number of halogens is 1. The Morgan fingerprint density at radius 1 is 1.67 bits per heavy atom. The van der Waals surface area contributed by atoms with E-state index >= 15 is 0 Å². The van der Waals surface area contributed by atoms with Gasteiger partial charge in [-0.1, -0.05) is 0 Å². The van der Waals surface area contributed by atoms with Crippen molar-refractivity contribution in [2.75, 3.05) is 6.54 Å². The number of aliphatic carboxylic acids is 1. The molecular weight excluding hydrogens is 189 g/mol. The molecule has 54 valence electrons. The van der Waals surface area contributed by atoms with Crippen LogP contribution in [0.15, 0.2) is 0 Å². The van der Waals surface area contributed by atoms with Crippen molar-refractivity contribution in [3.05, 3.63) is 0 Å². The van der Waals surface area contributed by atoms with Crippen molar-refractivity contribution >= 4 is 72.9 Å². The molecule has 4 N–H and O–H groups in total. The monoisotopic (exact) mass is 199 g/mol. The zero-order valence-electron chi connectivity index (χ0n) is 6.17. The zero-order chi connectivity index (χ0) is 6.28. The summed E-state index contributed by atoms with van der Waals surface area (Å²) in [5.41, 5.74) is 4.57. The molecule has 0 fully saturated rings. The van der Waals surface area contributed by atoms with Crippen LogP contribution in [0.25, 0.3) is 0 Å². The summed E-state index contributed by atoms with van der Waals surface area (Å²) in [5, 5.41) is 7.60. The van der Waals surface area contributed by atoms with Crippen LogP contribution in [-0.4, -0.2) is 77.4 Å². The molecule has 9 heavy (non-hydrogen) atoms. The summed E-state index contributed by atoms with van der Waals surface area (Å²) in [6.45, 7) is -0.278. The Kier molecular flexibility index (Phi) is 56.6. The van der Waals surface area contributed by atoms with Crippen LogP contribution in [0, 0.1) is 0 Å². The summed E-state index contributed by atoms with van der Waals surface area (Å²) in [6.07, 6.45) is 0. The Labute approximate surface area is 102 Å². The van der Waals surface area contributed by atoms with E-state index in [-0.39, 0.29) is 64.5 Å². The first-order chi connectivity index (χ1) is 3.27. The van der Waals surface area contributed by atoms with E-state index in [1.807, 2.05) is 0 Å². The summed E-state index contributed by atoms with van der Waals surface area (Å²) < 4.78 is 6.47. The molecule has 0 spiro atoms. The summed E-state index contributed by atoms with van der Waals surface area (Å²) in [4.78, 5) is 9.24. The number of carboxylic acid groups (broad SMARTS) is 1. The second-order valence-electron chi connectivity index (χ2n) is 0.598. The third-order valence-corrected chi connectivity index (χ3v) is 0.175. The van der Waals surface area contributed by atoms with Gasteiger partial charge in [-0.05, 0) is 0 Å². The minimum atomic E-state index is -0.968. The molecule has 0 aliphatic rings. The summed E-state index contributed by atoms with van der Waals surface area (Å²) in [7, 11) is 0. The fraction of sp³-hybridized carbons (Fsp3) is 0.500. The maximum Gasteiger partial charge on any atom is 2.00 e. The van der Waals surface area contributed by atoms with Crippen LogP contribution < -0.4 is 5.73 Å². The molecule has 0 rings (SSSR count). The summed E-state index contributed by atoms with van der Waals surface area (Å²) in [6, 6.07) is 0. The first-order valence-corrected chi connectivity index (χ1v) is 1.70.